The van der Waals surface area contributed by atoms with Crippen molar-refractivity contribution in [1.29, 1.82) is 0 Å². The molecule has 9 N–H and O–H groups in total. The first-order valence-corrected chi connectivity index (χ1v) is 9.95. The first-order valence-electron chi connectivity index (χ1n) is 9.32. The van der Waals surface area contributed by atoms with Crippen LogP contribution in [0.4, 0.5) is 0 Å². The van der Waals surface area contributed by atoms with Gasteiger partial charge >= 0.3 is 5.97 Å². The van der Waals surface area contributed by atoms with Gasteiger partial charge in [-0.2, -0.15) is 12.6 Å². The van der Waals surface area contributed by atoms with Crippen molar-refractivity contribution in [3.63, 3.8) is 0 Å². The Morgan fingerprint density at radius 2 is 1.43 bits per heavy atom. The van der Waals surface area contributed by atoms with Crippen LogP contribution in [0.15, 0.2) is 0 Å². The lowest BCUT2D eigenvalue weighted by atomic mass is 10.0. The molecule has 30 heavy (non-hydrogen) atoms. The molecule has 4 amide bonds. The fraction of sp³-hybridized carbons (Fsp3) is 0.706. The Balaban J connectivity index is 5.42. The SMILES string of the molecule is CC(C)CC(NC(=O)C(CCC(N)=O)NC(=O)C(N)CO)C(=O)NC(CS)C(=O)O. The molecule has 0 aliphatic rings. The predicted octanol–water partition coefficient (Wildman–Crippen LogP) is -2.91. The minimum Gasteiger partial charge on any atom is -0.480 e. The molecule has 0 aliphatic carbocycles. The molecule has 0 spiro atoms. The van der Waals surface area contributed by atoms with Crippen LogP contribution in [0.1, 0.15) is 33.1 Å². The van der Waals surface area contributed by atoms with E-state index in [1.807, 2.05) is 0 Å². The van der Waals surface area contributed by atoms with Crippen LogP contribution in [0.3, 0.4) is 0 Å². The molecular weight excluding hydrogens is 418 g/mol. The molecule has 172 valence electrons. The van der Waals surface area contributed by atoms with E-state index in [4.69, 9.17) is 21.7 Å². The molecule has 0 aromatic heterocycles. The minimum atomic E-state index is -1.28. The Labute approximate surface area is 179 Å². The van der Waals surface area contributed by atoms with Crippen molar-refractivity contribution in [2.75, 3.05) is 12.4 Å². The lowest BCUT2D eigenvalue weighted by molar-refractivity contribution is -0.141. The Morgan fingerprint density at radius 1 is 0.933 bits per heavy atom. The number of aliphatic carboxylic acids is 1. The summed E-state index contributed by atoms with van der Waals surface area (Å²) in [4.78, 5) is 59.4. The molecule has 12 nitrogen and oxygen atoms in total. The molecule has 0 heterocycles. The van der Waals surface area contributed by atoms with Crippen molar-refractivity contribution in [3.8, 4) is 0 Å². The number of nitrogens with two attached hydrogens (primary N) is 2. The van der Waals surface area contributed by atoms with Gasteiger partial charge in [0.15, 0.2) is 0 Å². The summed E-state index contributed by atoms with van der Waals surface area (Å²) in [5, 5.41) is 25.1. The highest BCUT2D eigenvalue weighted by atomic mass is 32.1. The van der Waals surface area contributed by atoms with E-state index in [1.54, 1.807) is 13.8 Å². The topological polar surface area (TPSA) is 214 Å². The van der Waals surface area contributed by atoms with Gasteiger partial charge in [0.2, 0.25) is 23.6 Å². The van der Waals surface area contributed by atoms with E-state index in [1.165, 1.54) is 0 Å². The van der Waals surface area contributed by atoms with Gasteiger partial charge in [0.25, 0.3) is 0 Å². The summed E-state index contributed by atoms with van der Waals surface area (Å²) in [6.45, 7) is 2.94. The molecule has 0 saturated carbocycles. The molecule has 4 unspecified atom stereocenters. The second-order valence-electron chi connectivity index (χ2n) is 7.13. The van der Waals surface area contributed by atoms with Crippen molar-refractivity contribution >= 4 is 42.2 Å². The maximum Gasteiger partial charge on any atom is 0.327 e. The number of hydrogen-bond acceptors (Lipinski definition) is 8. The largest absolute Gasteiger partial charge is 0.480 e. The molecular formula is C17H31N5O7S. The van der Waals surface area contributed by atoms with Crippen molar-refractivity contribution < 1.29 is 34.2 Å². The molecule has 0 fully saturated rings. The summed E-state index contributed by atoms with van der Waals surface area (Å²) in [6.07, 6.45) is -0.201. The van der Waals surface area contributed by atoms with Crippen LogP contribution in [0.2, 0.25) is 0 Å². The summed E-state index contributed by atoms with van der Waals surface area (Å²) in [5.41, 5.74) is 10.5. The van der Waals surface area contributed by atoms with E-state index in [0.29, 0.717) is 0 Å². The normalized spacial score (nSPS) is 14.9. The number of carboxylic acid groups (broad SMARTS) is 1. The summed E-state index contributed by atoms with van der Waals surface area (Å²) < 4.78 is 0. The first kappa shape index (κ1) is 27.6. The van der Waals surface area contributed by atoms with E-state index < -0.39 is 60.4 Å². The molecule has 0 radical (unpaired) electrons. The van der Waals surface area contributed by atoms with E-state index in [-0.39, 0.29) is 30.9 Å². The summed E-state index contributed by atoms with van der Waals surface area (Å²) >= 11 is 3.88. The summed E-state index contributed by atoms with van der Waals surface area (Å²) in [6, 6.07) is -4.88. The third kappa shape index (κ3) is 10.4. The quantitative estimate of drug-likeness (QED) is 0.128. The number of amides is 4. The number of nitrogens with one attached hydrogen (secondary N) is 3. The number of carbonyl (C=O) groups excluding carboxylic acids is 4. The number of primary amides is 1. The number of thiol groups is 1. The Bertz CT molecular complexity index is 632. The molecule has 0 saturated heterocycles. The second-order valence-corrected chi connectivity index (χ2v) is 7.49. The van der Waals surface area contributed by atoms with Crippen LogP contribution in [0.25, 0.3) is 0 Å². The van der Waals surface area contributed by atoms with Gasteiger partial charge in [-0.15, -0.1) is 0 Å². The van der Waals surface area contributed by atoms with Crippen LogP contribution in [-0.4, -0.2) is 76.3 Å². The van der Waals surface area contributed by atoms with Crippen LogP contribution >= 0.6 is 12.6 Å². The highest BCUT2D eigenvalue weighted by molar-refractivity contribution is 7.80. The zero-order valence-electron chi connectivity index (χ0n) is 17.0. The Kier molecular flexibility index (Phi) is 12.7. The van der Waals surface area contributed by atoms with Crippen LogP contribution in [0.5, 0.6) is 0 Å². The van der Waals surface area contributed by atoms with Crippen LogP contribution < -0.4 is 27.4 Å². The van der Waals surface area contributed by atoms with Gasteiger partial charge < -0.3 is 37.6 Å². The number of carboxylic acids is 1. The van der Waals surface area contributed by atoms with Crippen LogP contribution in [-0.2, 0) is 24.0 Å². The maximum absolute atomic E-state index is 12.7. The van der Waals surface area contributed by atoms with Crippen molar-refractivity contribution in [2.45, 2.75) is 57.3 Å². The third-order valence-electron chi connectivity index (χ3n) is 3.98. The number of aliphatic hydroxyl groups excluding tert-OH is 1. The van der Waals surface area contributed by atoms with E-state index in [0.717, 1.165) is 0 Å². The van der Waals surface area contributed by atoms with Gasteiger partial charge in [-0.05, 0) is 18.8 Å². The van der Waals surface area contributed by atoms with E-state index >= 15 is 0 Å². The molecule has 0 rings (SSSR count). The molecule has 4 atom stereocenters. The van der Waals surface area contributed by atoms with Crippen LogP contribution in [0, 0.1) is 5.92 Å². The zero-order valence-corrected chi connectivity index (χ0v) is 17.9. The number of aliphatic hydroxyl groups is 1. The Hall–Kier alpha value is -2.38. The molecule has 0 aromatic carbocycles. The van der Waals surface area contributed by atoms with E-state index in [2.05, 4.69) is 28.6 Å². The standard InChI is InChI=1S/C17H31N5O7S/c1-8(2)5-11(16(27)22-12(7-30)17(28)29)21-15(26)10(3-4-13(19)24)20-14(25)9(18)6-23/h8-12,23,30H,3-7,18H2,1-2H3,(H2,19,24)(H,20,25)(H,21,26)(H,22,27)(H,28,29). The third-order valence-corrected chi connectivity index (χ3v) is 4.35. The monoisotopic (exact) mass is 449 g/mol. The Morgan fingerprint density at radius 3 is 1.87 bits per heavy atom. The average molecular weight is 450 g/mol. The summed E-state index contributed by atoms with van der Waals surface area (Å²) in [5.74, 6) is -4.52. The molecule has 0 aromatic rings. The lowest BCUT2D eigenvalue weighted by Gasteiger charge is -2.25. The molecule has 13 heteroatoms. The summed E-state index contributed by atoms with van der Waals surface area (Å²) in [7, 11) is 0. The second kappa shape index (κ2) is 13.8. The highest BCUT2D eigenvalue weighted by Crippen LogP contribution is 2.08. The van der Waals surface area contributed by atoms with Gasteiger partial charge in [0.1, 0.15) is 24.2 Å². The number of hydrogen-bond donors (Lipinski definition) is 8. The highest BCUT2D eigenvalue weighted by Gasteiger charge is 2.30. The average Bonchev–Trinajstić information content (AvgIpc) is 2.66. The van der Waals surface area contributed by atoms with E-state index in [9.17, 15) is 24.0 Å². The van der Waals surface area contributed by atoms with Crippen molar-refractivity contribution in [2.24, 2.45) is 17.4 Å². The van der Waals surface area contributed by atoms with Gasteiger partial charge in [-0.1, -0.05) is 13.8 Å². The van der Waals surface area contributed by atoms with Gasteiger partial charge in [-0.3, -0.25) is 19.2 Å². The molecule has 0 aliphatic heterocycles. The van der Waals surface area contributed by atoms with Gasteiger partial charge in [0, 0.05) is 12.2 Å². The predicted molar refractivity (Wildman–Crippen MR) is 110 cm³/mol. The van der Waals surface area contributed by atoms with Crippen molar-refractivity contribution in [3.05, 3.63) is 0 Å². The van der Waals surface area contributed by atoms with Gasteiger partial charge in [-0.25, -0.2) is 4.79 Å². The maximum atomic E-state index is 12.7. The molecule has 0 bridgehead atoms. The fourth-order valence-corrected chi connectivity index (χ4v) is 2.60. The van der Waals surface area contributed by atoms with Gasteiger partial charge in [0.05, 0.1) is 6.61 Å². The zero-order chi connectivity index (χ0) is 23.4. The first-order chi connectivity index (χ1) is 13.9. The number of rotatable bonds is 14. The minimum absolute atomic E-state index is 0.0400. The number of carbonyl (C=O) groups is 5. The fourth-order valence-electron chi connectivity index (χ4n) is 2.35. The smallest absolute Gasteiger partial charge is 0.327 e. The lowest BCUT2D eigenvalue weighted by Crippen LogP contribution is -2.57. The van der Waals surface area contributed by atoms with Crippen molar-refractivity contribution in [1.82, 2.24) is 16.0 Å².